The van der Waals surface area contributed by atoms with Crippen molar-refractivity contribution < 1.29 is 4.42 Å². The standard InChI is InChI=1S/C54H46N2O/c1-36-21-23-41(33-47(36)48-32-40-16-10-9-15-39(40)30-37(48)2)42-24-27-51-49(34-42)45-26-22-38(31-52(45)56(51)44-17-7-5-8-18-44)14-6-3-4-13-29-55-43-25-28-54-50(35-43)46-19-11-12-20-53(46)57-54/h3-20,22,26,29-35,55H,21,23-25,27-28H2,1-2H3/b4-3-,14-6-,29-13+. The Morgan fingerprint density at radius 1 is 0.614 bits per heavy atom. The summed E-state index contributed by atoms with van der Waals surface area (Å²) >= 11 is 0. The second-order valence-electron chi connectivity index (χ2n) is 15.7. The lowest BCUT2D eigenvalue weighted by Crippen LogP contribution is -2.09. The SMILES string of the molecule is CC1=C(c2cc3ccccc3cc2C)C=C(C2=Cc3c(n(-c4ccccc4)c4cc(\C=C/C=C\C=C\NC5=Cc6c(oc7ccccc67)CC5)ccc34)CC2)CC1. The number of furan rings is 1. The van der Waals surface area contributed by atoms with E-state index in [0.717, 1.165) is 49.9 Å². The van der Waals surface area contributed by atoms with E-state index >= 15 is 0 Å². The van der Waals surface area contributed by atoms with Gasteiger partial charge in [-0.25, -0.2) is 0 Å². The van der Waals surface area contributed by atoms with Crippen molar-refractivity contribution in [1.29, 1.82) is 0 Å². The number of fused-ring (bicyclic) bond motifs is 7. The number of aromatic nitrogens is 1. The van der Waals surface area contributed by atoms with Gasteiger partial charge in [-0.3, -0.25) is 0 Å². The van der Waals surface area contributed by atoms with Crippen LogP contribution in [0.3, 0.4) is 0 Å². The Bertz CT molecular complexity index is 2930. The number of hydrogen-bond donors (Lipinski definition) is 1. The molecule has 0 amide bonds. The van der Waals surface area contributed by atoms with Gasteiger partial charge in [0.05, 0.1) is 5.52 Å². The molecule has 0 unspecified atom stereocenters. The zero-order chi connectivity index (χ0) is 38.3. The minimum absolute atomic E-state index is 0.913. The zero-order valence-electron chi connectivity index (χ0n) is 32.7. The molecule has 0 fully saturated rings. The zero-order valence-corrected chi connectivity index (χ0v) is 32.7. The summed E-state index contributed by atoms with van der Waals surface area (Å²) in [6, 6.07) is 39.6. The lowest BCUT2D eigenvalue weighted by Gasteiger charge is -2.24. The molecule has 5 aromatic carbocycles. The molecule has 0 saturated carbocycles. The molecule has 0 bridgehead atoms. The predicted molar refractivity (Wildman–Crippen MR) is 241 cm³/mol. The van der Waals surface area contributed by atoms with Crippen molar-refractivity contribution in [3.8, 4) is 5.69 Å². The number of rotatable bonds is 8. The molecule has 7 aromatic rings. The van der Waals surface area contributed by atoms with Gasteiger partial charge in [-0.15, -0.1) is 0 Å². The fourth-order valence-corrected chi connectivity index (χ4v) is 9.12. The quantitative estimate of drug-likeness (QED) is 0.157. The number of benzene rings is 5. The maximum absolute atomic E-state index is 6.06. The average Bonchev–Trinajstić information content (AvgIpc) is 3.78. The summed E-state index contributed by atoms with van der Waals surface area (Å²) in [5, 5.41) is 8.60. The van der Waals surface area contributed by atoms with Crippen molar-refractivity contribution in [2.75, 3.05) is 0 Å². The van der Waals surface area contributed by atoms with E-state index < -0.39 is 0 Å². The van der Waals surface area contributed by atoms with Crippen LogP contribution in [0.1, 0.15) is 71.9 Å². The molecule has 2 aromatic heterocycles. The Morgan fingerprint density at radius 2 is 1.39 bits per heavy atom. The average molecular weight is 739 g/mol. The van der Waals surface area contributed by atoms with Crippen LogP contribution in [0.2, 0.25) is 0 Å². The highest BCUT2D eigenvalue weighted by atomic mass is 16.3. The van der Waals surface area contributed by atoms with Crippen molar-refractivity contribution >= 4 is 56.4 Å². The topological polar surface area (TPSA) is 30.1 Å². The molecule has 10 rings (SSSR count). The van der Waals surface area contributed by atoms with Gasteiger partial charge in [-0.05, 0) is 139 Å². The minimum Gasteiger partial charge on any atom is -0.460 e. The van der Waals surface area contributed by atoms with Gasteiger partial charge in [0.1, 0.15) is 11.3 Å². The van der Waals surface area contributed by atoms with E-state index in [9.17, 15) is 0 Å². The van der Waals surface area contributed by atoms with Crippen molar-refractivity contribution in [2.45, 2.75) is 52.4 Å². The van der Waals surface area contributed by atoms with E-state index in [1.807, 2.05) is 18.3 Å². The Labute approximate surface area is 335 Å². The van der Waals surface area contributed by atoms with E-state index in [4.69, 9.17) is 4.42 Å². The van der Waals surface area contributed by atoms with E-state index in [0.29, 0.717) is 0 Å². The number of aryl methyl sites for hydroxylation is 2. The molecule has 3 nitrogen and oxygen atoms in total. The van der Waals surface area contributed by atoms with E-state index in [1.165, 1.54) is 94.2 Å². The molecule has 3 aliphatic rings. The molecule has 0 aliphatic heterocycles. The maximum atomic E-state index is 6.06. The summed E-state index contributed by atoms with van der Waals surface area (Å²) in [5.41, 5.74) is 18.4. The Hall–Kier alpha value is -6.58. The Morgan fingerprint density at radius 3 is 2.28 bits per heavy atom. The number of hydrogen-bond acceptors (Lipinski definition) is 2. The van der Waals surface area contributed by atoms with Crippen LogP contribution in [-0.2, 0) is 12.8 Å². The predicted octanol–water partition coefficient (Wildman–Crippen LogP) is 14.0. The molecule has 3 heteroatoms. The monoisotopic (exact) mass is 738 g/mol. The molecule has 0 atom stereocenters. The minimum atomic E-state index is 0.913. The summed E-state index contributed by atoms with van der Waals surface area (Å²) in [5.74, 6) is 1.08. The number of para-hydroxylation sites is 2. The summed E-state index contributed by atoms with van der Waals surface area (Å²) in [6.07, 6.45) is 25.9. The molecule has 278 valence electrons. The van der Waals surface area contributed by atoms with Crippen LogP contribution in [-0.4, -0.2) is 4.57 Å². The van der Waals surface area contributed by atoms with Crippen LogP contribution in [0, 0.1) is 6.92 Å². The molecular weight excluding hydrogens is 693 g/mol. The third kappa shape index (κ3) is 6.63. The highest BCUT2D eigenvalue weighted by Crippen LogP contribution is 2.42. The Balaban J connectivity index is 0.910. The first-order chi connectivity index (χ1) is 28.1. The lowest BCUT2D eigenvalue weighted by molar-refractivity contribution is 0.540. The van der Waals surface area contributed by atoms with Gasteiger partial charge in [0, 0.05) is 51.6 Å². The van der Waals surface area contributed by atoms with Crippen LogP contribution in [0.4, 0.5) is 0 Å². The van der Waals surface area contributed by atoms with Gasteiger partial charge >= 0.3 is 0 Å². The first-order valence-electron chi connectivity index (χ1n) is 20.4. The molecule has 0 saturated heterocycles. The third-order valence-electron chi connectivity index (χ3n) is 12.1. The van der Waals surface area contributed by atoms with E-state index in [-0.39, 0.29) is 0 Å². The number of allylic oxidation sites excluding steroid dienone is 10. The van der Waals surface area contributed by atoms with Gasteiger partial charge in [0.25, 0.3) is 0 Å². The third-order valence-corrected chi connectivity index (χ3v) is 12.1. The molecule has 1 N–H and O–H groups in total. The maximum Gasteiger partial charge on any atom is 0.134 e. The van der Waals surface area contributed by atoms with Gasteiger partial charge in [-0.2, -0.15) is 0 Å². The molecular formula is C54H46N2O. The molecule has 0 spiro atoms. The Kier molecular flexibility index (Phi) is 9.07. The highest BCUT2D eigenvalue weighted by Gasteiger charge is 2.24. The van der Waals surface area contributed by atoms with Crippen molar-refractivity contribution in [2.24, 2.45) is 0 Å². The van der Waals surface area contributed by atoms with Gasteiger partial charge in [0.2, 0.25) is 0 Å². The summed E-state index contributed by atoms with van der Waals surface area (Å²) in [6.45, 7) is 4.58. The van der Waals surface area contributed by atoms with E-state index in [1.54, 1.807) is 0 Å². The van der Waals surface area contributed by atoms with Crippen LogP contribution in [0.15, 0.2) is 173 Å². The van der Waals surface area contributed by atoms with Crippen LogP contribution in [0.5, 0.6) is 0 Å². The normalized spacial score (nSPS) is 15.9. The van der Waals surface area contributed by atoms with Crippen molar-refractivity contribution in [1.82, 2.24) is 9.88 Å². The first kappa shape index (κ1) is 34.9. The molecule has 57 heavy (non-hydrogen) atoms. The first-order valence-corrected chi connectivity index (χ1v) is 20.4. The van der Waals surface area contributed by atoms with Crippen molar-refractivity contribution in [3.05, 3.63) is 207 Å². The number of nitrogens with one attached hydrogen (secondary N) is 1. The smallest absolute Gasteiger partial charge is 0.134 e. The van der Waals surface area contributed by atoms with Crippen LogP contribution < -0.4 is 5.32 Å². The van der Waals surface area contributed by atoms with Crippen LogP contribution in [0.25, 0.3) is 62.1 Å². The molecule has 3 aliphatic carbocycles. The van der Waals surface area contributed by atoms with Gasteiger partial charge < -0.3 is 14.3 Å². The fourth-order valence-electron chi connectivity index (χ4n) is 9.12. The van der Waals surface area contributed by atoms with Gasteiger partial charge in [0.15, 0.2) is 0 Å². The summed E-state index contributed by atoms with van der Waals surface area (Å²) < 4.78 is 8.56. The highest BCUT2D eigenvalue weighted by molar-refractivity contribution is 5.96. The van der Waals surface area contributed by atoms with Gasteiger partial charge in [-0.1, -0.05) is 115 Å². The largest absolute Gasteiger partial charge is 0.460 e. The summed E-state index contributed by atoms with van der Waals surface area (Å²) in [4.78, 5) is 0. The fraction of sp³-hybridized carbons (Fsp3) is 0.148. The van der Waals surface area contributed by atoms with Crippen molar-refractivity contribution in [3.63, 3.8) is 0 Å². The number of nitrogens with zero attached hydrogens (tertiary/aromatic N) is 1. The van der Waals surface area contributed by atoms with E-state index in [2.05, 4.69) is 169 Å². The molecule has 0 radical (unpaired) electrons. The summed E-state index contributed by atoms with van der Waals surface area (Å²) in [7, 11) is 0. The lowest BCUT2D eigenvalue weighted by atomic mass is 9.81. The second-order valence-corrected chi connectivity index (χ2v) is 15.7. The second kappa shape index (κ2) is 14.8. The van der Waals surface area contributed by atoms with Crippen LogP contribution >= 0.6 is 0 Å². The molecule has 2 heterocycles.